The predicted octanol–water partition coefficient (Wildman–Crippen LogP) is 1.45. The summed E-state index contributed by atoms with van der Waals surface area (Å²) in [6.45, 7) is 0.188. The van der Waals surface area contributed by atoms with Gasteiger partial charge in [-0.05, 0) is 6.07 Å². The molecule has 82 valence electrons. The number of nitrogens with one attached hydrogen (secondary N) is 1. The Kier molecular flexibility index (Phi) is 2.87. The summed E-state index contributed by atoms with van der Waals surface area (Å²) in [5.41, 5.74) is 6.48. The first-order valence-corrected chi connectivity index (χ1v) is 5.12. The summed E-state index contributed by atoms with van der Waals surface area (Å²) in [4.78, 5) is 12.0. The van der Waals surface area contributed by atoms with Crippen LogP contribution in [-0.2, 0) is 0 Å². The number of carbonyl (C=O) groups is 1. The van der Waals surface area contributed by atoms with Crippen molar-refractivity contribution < 1.29 is 9.21 Å². The molecule has 0 spiro atoms. The van der Waals surface area contributed by atoms with Gasteiger partial charge in [-0.1, -0.05) is 30.4 Å². The quantitative estimate of drug-likeness (QED) is 0.789. The predicted molar refractivity (Wildman–Crippen MR) is 65.3 cm³/mol. The van der Waals surface area contributed by atoms with Gasteiger partial charge in [0.25, 0.3) is 5.91 Å². The zero-order chi connectivity index (χ0) is 11.5. The van der Waals surface area contributed by atoms with Gasteiger partial charge in [-0.2, -0.15) is 0 Å². The summed E-state index contributed by atoms with van der Waals surface area (Å²) in [6, 6.07) is 7.33. The van der Waals surface area contributed by atoms with E-state index in [2.05, 4.69) is 17.5 Å². The van der Waals surface area contributed by atoms with Crippen molar-refractivity contribution in [2.75, 3.05) is 6.54 Å². The Bertz CT molecular complexity index is 548. The molecule has 0 aliphatic carbocycles. The van der Waals surface area contributed by atoms with Gasteiger partial charge in [0.2, 0.25) is 0 Å². The molecule has 0 unspecified atom stereocenters. The van der Waals surface area contributed by atoms with E-state index in [0.29, 0.717) is 11.1 Å². The molecule has 0 aliphatic heterocycles. The second-order valence-corrected chi connectivity index (χ2v) is 3.82. The summed E-state index contributed by atoms with van der Waals surface area (Å²) in [5.74, 6) is -0.238. The van der Waals surface area contributed by atoms with Crippen molar-refractivity contribution in [2.45, 2.75) is 0 Å². The van der Waals surface area contributed by atoms with Gasteiger partial charge in [0.05, 0.1) is 17.1 Å². The van der Waals surface area contributed by atoms with E-state index >= 15 is 0 Å². The van der Waals surface area contributed by atoms with E-state index in [1.807, 2.05) is 18.2 Å². The first kappa shape index (κ1) is 10.6. The lowest BCUT2D eigenvalue weighted by Gasteiger charge is -2.01. The standard InChI is InChI=1S/C11H10N2O2S/c12-10(16)5-13-11(14)8-6-15-9-4-2-1-3-7(8)9/h1-4,6H,5H2,(H2,12,16)(H,13,14). The Morgan fingerprint density at radius 2 is 2.19 bits per heavy atom. The maximum Gasteiger partial charge on any atom is 0.255 e. The number of carbonyl (C=O) groups excluding carboxylic acids is 1. The van der Waals surface area contributed by atoms with Crippen LogP contribution in [0.25, 0.3) is 11.0 Å². The van der Waals surface area contributed by atoms with Crippen molar-refractivity contribution in [1.29, 1.82) is 0 Å². The van der Waals surface area contributed by atoms with Gasteiger partial charge in [-0.25, -0.2) is 0 Å². The Morgan fingerprint density at radius 1 is 1.44 bits per heavy atom. The molecule has 2 aromatic rings. The van der Waals surface area contributed by atoms with Crippen LogP contribution in [0.4, 0.5) is 0 Å². The summed E-state index contributed by atoms with van der Waals surface area (Å²) in [6.07, 6.45) is 1.43. The highest BCUT2D eigenvalue weighted by molar-refractivity contribution is 7.80. The lowest BCUT2D eigenvalue weighted by Crippen LogP contribution is -2.32. The minimum Gasteiger partial charge on any atom is -0.463 e. The van der Waals surface area contributed by atoms with Gasteiger partial charge in [0.15, 0.2) is 0 Å². The second kappa shape index (κ2) is 4.32. The molecular formula is C11H10N2O2S. The Morgan fingerprint density at radius 3 is 2.94 bits per heavy atom. The molecule has 4 nitrogen and oxygen atoms in total. The lowest BCUT2D eigenvalue weighted by molar-refractivity contribution is 0.0960. The summed E-state index contributed by atoms with van der Waals surface area (Å²) < 4.78 is 5.25. The third-order valence-electron chi connectivity index (χ3n) is 2.15. The fourth-order valence-corrected chi connectivity index (χ4v) is 1.49. The highest BCUT2D eigenvalue weighted by Crippen LogP contribution is 2.20. The monoisotopic (exact) mass is 234 g/mol. The van der Waals surface area contributed by atoms with Crippen LogP contribution in [0, 0.1) is 0 Å². The van der Waals surface area contributed by atoms with E-state index in [9.17, 15) is 4.79 Å². The maximum atomic E-state index is 11.7. The molecule has 1 heterocycles. The van der Waals surface area contributed by atoms with E-state index in [4.69, 9.17) is 10.2 Å². The van der Waals surface area contributed by atoms with Gasteiger partial charge >= 0.3 is 0 Å². The number of hydrogen-bond donors (Lipinski definition) is 2. The van der Waals surface area contributed by atoms with Crippen LogP contribution in [0.1, 0.15) is 10.4 Å². The van der Waals surface area contributed by atoms with E-state index in [1.165, 1.54) is 6.26 Å². The number of amides is 1. The smallest absolute Gasteiger partial charge is 0.255 e. The van der Waals surface area contributed by atoms with Crippen LogP contribution in [0.15, 0.2) is 34.9 Å². The first-order chi connectivity index (χ1) is 7.68. The number of rotatable bonds is 3. The normalized spacial score (nSPS) is 10.2. The number of hydrogen-bond acceptors (Lipinski definition) is 3. The van der Waals surface area contributed by atoms with Crippen LogP contribution >= 0.6 is 12.2 Å². The zero-order valence-corrected chi connectivity index (χ0v) is 9.21. The SMILES string of the molecule is NC(=S)CNC(=O)c1coc2ccccc12. The van der Waals surface area contributed by atoms with E-state index in [1.54, 1.807) is 6.07 Å². The highest BCUT2D eigenvalue weighted by Gasteiger charge is 2.12. The summed E-state index contributed by atoms with van der Waals surface area (Å²) >= 11 is 4.68. The minimum atomic E-state index is -0.238. The van der Waals surface area contributed by atoms with Gasteiger partial charge in [0.1, 0.15) is 11.8 Å². The molecule has 5 heteroatoms. The Balaban J connectivity index is 2.26. The maximum absolute atomic E-state index is 11.7. The summed E-state index contributed by atoms with van der Waals surface area (Å²) in [7, 11) is 0. The Labute approximate surface area is 97.4 Å². The molecule has 0 saturated heterocycles. The third-order valence-corrected chi connectivity index (χ3v) is 2.29. The molecule has 0 saturated carbocycles. The van der Waals surface area contributed by atoms with Crippen molar-refractivity contribution >= 4 is 34.1 Å². The van der Waals surface area contributed by atoms with Crippen LogP contribution in [-0.4, -0.2) is 17.4 Å². The number of para-hydroxylation sites is 1. The molecule has 1 aromatic heterocycles. The molecular weight excluding hydrogens is 224 g/mol. The van der Waals surface area contributed by atoms with Crippen LogP contribution in [0.5, 0.6) is 0 Å². The van der Waals surface area contributed by atoms with E-state index in [-0.39, 0.29) is 17.4 Å². The number of nitrogens with two attached hydrogens (primary N) is 1. The van der Waals surface area contributed by atoms with Gasteiger partial charge in [-0.3, -0.25) is 4.79 Å². The third kappa shape index (κ3) is 2.04. The first-order valence-electron chi connectivity index (χ1n) is 4.71. The number of thiocarbonyl (C=S) groups is 1. The van der Waals surface area contributed by atoms with Crippen molar-refractivity contribution in [2.24, 2.45) is 5.73 Å². The van der Waals surface area contributed by atoms with E-state index in [0.717, 1.165) is 5.39 Å². The molecule has 2 rings (SSSR count). The van der Waals surface area contributed by atoms with Gasteiger partial charge in [-0.15, -0.1) is 0 Å². The molecule has 0 atom stereocenters. The number of fused-ring (bicyclic) bond motifs is 1. The topological polar surface area (TPSA) is 68.3 Å². The second-order valence-electron chi connectivity index (χ2n) is 3.29. The van der Waals surface area contributed by atoms with Crippen molar-refractivity contribution in [3.05, 3.63) is 36.1 Å². The number of furan rings is 1. The molecule has 3 N–H and O–H groups in total. The van der Waals surface area contributed by atoms with Crippen molar-refractivity contribution in [1.82, 2.24) is 5.32 Å². The molecule has 16 heavy (non-hydrogen) atoms. The fourth-order valence-electron chi connectivity index (χ4n) is 1.42. The van der Waals surface area contributed by atoms with Crippen LogP contribution in [0.2, 0.25) is 0 Å². The number of benzene rings is 1. The molecule has 0 fully saturated rings. The molecule has 0 bridgehead atoms. The van der Waals surface area contributed by atoms with E-state index < -0.39 is 0 Å². The lowest BCUT2D eigenvalue weighted by atomic mass is 10.1. The molecule has 1 aromatic carbocycles. The fraction of sp³-hybridized carbons (Fsp3) is 0.0909. The van der Waals surface area contributed by atoms with Crippen molar-refractivity contribution in [3.63, 3.8) is 0 Å². The van der Waals surface area contributed by atoms with Gasteiger partial charge < -0.3 is 15.5 Å². The van der Waals surface area contributed by atoms with Gasteiger partial charge in [0, 0.05) is 5.39 Å². The minimum absolute atomic E-state index is 0.188. The average molecular weight is 234 g/mol. The average Bonchev–Trinajstić information content (AvgIpc) is 2.69. The van der Waals surface area contributed by atoms with Crippen molar-refractivity contribution in [3.8, 4) is 0 Å². The summed E-state index contributed by atoms with van der Waals surface area (Å²) in [5, 5.41) is 3.39. The largest absolute Gasteiger partial charge is 0.463 e. The highest BCUT2D eigenvalue weighted by atomic mass is 32.1. The molecule has 0 radical (unpaired) electrons. The molecule has 0 aliphatic rings. The zero-order valence-electron chi connectivity index (χ0n) is 8.40. The Hall–Kier alpha value is -1.88. The van der Waals surface area contributed by atoms with Crippen LogP contribution < -0.4 is 11.1 Å². The molecule has 1 amide bonds. The van der Waals surface area contributed by atoms with Crippen LogP contribution in [0.3, 0.4) is 0 Å².